The topological polar surface area (TPSA) is 83.3 Å². The van der Waals surface area contributed by atoms with Crippen LogP contribution in [0.25, 0.3) is 0 Å². The van der Waals surface area contributed by atoms with Crippen molar-refractivity contribution in [1.29, 1.82) is 0 Å². The Balaban J connectivity index is 3.28. The lowest BCUT2D eigenvalue weighted by atomic mass is 10.0. The number of carbonyl (C=O) groups is 1. The van der Waals surface area contributed by atoms with Gasteiger partial charge in [-0.2, -0.15) is 0 Å². The third-order valence-electron chi connectivity index (χ3n) is 1.98. The van der Waals surface area contributed by atoms with Gasteiger partial charge in [0, 0.05) is 28.5 Å². The summed E-state index contributed by atoms with van der Waals surface area (Å²) in [5, 5.41) is 21.1. The van der Waals surface area contributed by atoms with Crippen LogP contribution >= 0.6 is 15.9 Å². The van der Waals surface area contributed by atoms with Crippen LogP contribution in [0.1, 0.15) is 11.1 Å². The number of hydrogen-bond donors (Lipinski definition) is 0. The molecule has 6 heteroatoms. The van der Waals surface area contributed by atoms with E-state index < -0.39 is 10.9 Å². The van der Waals surface area contributed by atoms with Crippen LogP contribution in [0.2, 0.25) is 0 Å². The van der Waals surface area contributed by atoms with E-state index >= 15 is 0 Å². The number of halogens is 1. The molecular weight excluding hydrogens is 266 g/mol. The lowest BCUT2D eigenvalue weighted by Gasteiger charge is -2.07. The second-order valence-electron chi connectivity index (χ2n) is 3.01. The van der Waals surface area contributed by atoms with Crippen LogP contribution in [-0.2, 0) is 11.2 Å². The number of nitro benzene ring substituents is 1. The summed E-state index contributed by atoms with van der Waals surface area (Å²) in [6.45, 7) is 1.52. The van der Waals surface area contributed by atoms with Crippen molar-refractivity contribution >= 4 is 27.6 Å². The summed E-state index contributed by atoms with van der Waals surface area (Å²) < 4.78 is 0.482. The number of aliphatic carboxylic acids is 1. The van der Waals surface area contributed by atoms with E-state index in [1.165, 1.54) is 19.1 Å². The fourth-order valence-corrected chi connectivity index (χ4v) is 1.74. The van der Waals surface area contributed by atoms with Gasteiger partial charge < -0.3 is 9.90 Å². The molecule has 80 valence electrons. The summed E-state index contributed by atoms with van der Waals surface area (Å²) >= 11 is 3.09. The van der Waals surface area contributed by atoms with Crippen LogP contribution in [0.4, 0.5) is 5.69 Å². The van der Waals surface area contributed by atoms with Crippen molar-refractivity contribution in [3.05, 3.63) is 37.8 Å². The highest BCUT2D eigenvalue weighted by Crippen LogP contribution is 2.26. The summed E-state index contributed by atoms with van der Waals surface area (Å²) in [5.74, 6) is -1.26. The molecular formula is C9H7BrNO4-. The first kappa shape index (κ1) is 11.6. The number of rotatable bonds is 3. The minimum atomic E-state index is -1.26. The number of benzene rings is 1. The van der Waals surface area contributed by atoms with Gasteiger partial charge in [-0.3, -0.25) is 10.1 Å². The molecule has 0 heterocycles. The van der Waals surface area contributed by atoms with Gasteiger partial charge in [-0.05, 0) is 18.6 Å². The van der Waals surface area contributed by atoms with Crippen molar-refractivity contribution in [3.8, 4) is 0 Å². The van der Waals surface area contributed by atoms with Gasteiger partial charge in [0.25, 0.3) is 5.69 Å². The van der Waals surface area contributed by atoms with Gasteiger partial charge in [0.1, 0.15) is 0 Å². The van der Waals surface area contributed by atoms with Crippen LogP contribution < -0.4 is 5.11 Å². The maximum absolute atomic E-state index is 10.6. The summed E-state index contributed by atoms with van der Waals surface area (Å²) in [4.78, 5) is 20.5. The molecule has 1 aromatic carbocycles. The SMILES string of the molecule is Cc1c(CC(=O)[O-])cc(Br)cc1[N+](=O)[O-]. The molecule has 0 unspecified atom stereocenters. The highest BCUT2D eigenvalue weighted by Gasteiger charge is 2.15. The average molecular weight is 273 g/mol. The predicted octanol–water partition coefficient (Wildman–Crippen LogP) is 0.958. The molecule has 0 atom stereocenters. The summed E-state index contributed by atoms with van der Waals surface area (Å²) in [6.07, 6.45) is -0.327. The fraction of sp³-hybridized carbons (Fsp3) is 0.222. The first-order valence-corrected chi connectivity index (χ1v) is 4.84. The number of carboxylic acids is 1. The van der Waals surface area contributed by atoms with E-state index in [4.69, 9.17) is 0 Å². The summed E-state index contributed by atoms with van der Waals surface area (Å²) in [6, 6.07) is 2.88. The van der Waals surface area contributed by atoms with Gasteiger partial charge in [-0.25, -0.2) is 0 Å². The van der Waals surface area contributed by atoms with Gasteiger partial charge in [-0.15, -0.1) is 0 Å². The lowest BCUT2D eigenvalue weighted by molar-refractivity contribution is -0.385. The molecule has 0 aromatic heterocycles. The highest BCUT2D eigenvalue weighted by molar-refractivity contribution is 9.10. The van der Waals surface area contributed by atoms with E-state index in [1.807, 2.05) is 0 Å². The standard InChI is InChI=1S/C9H8BrNO4/c1-5-6(3-9(12)13)2-7(10)4-8(5)11(14)15/h2,4H,3H2,1H3,(H,12,13)/p-1. The highest BCUT2D eigenvalue weighted by atomic mass is 79.9. The Kier molecular flexibility index (Phi) is 3.41. The lowest BCUT2D eigenvalue weighted by Crippen LogP contribution is -2.24. The molecule has 0 amide bonds. The van der Waals surface area contributed by atoms with Gasteiger partial charge in [0.05, 0.1) is 4.92 Å². The largest absolute Gasteiger partial charge is 0.550 e. The minimum absolute atomic E-state index is 0.0966. The molecule has 0 aliphatic rings. The van der Waals surface area contributed by atoms with E-state index in [0.29, 0.717) is 15.6 Å². The normalized spacial score (nSPS) is 10.0. The van der Waals surface area contributed by atoms with E-state index in [2.05, 4.69) is 15.9 Å². The van der Waals surface area contributed by atoms with Crippen molar-refractivity contribution in [2.24, 2.45) is 0 Å². The van der Waals surface area contributed by atoms with Crippen LogP contribution in [0, 0.1) is 17.0 Å². The second-order valence-corrected chi connectivity index (χ2v) is 3.93. The number of nitrogens with zero attached hydrogens (tertiary/aromatic N) is 1. The first-order chi connectivity index (χ1) is 6.91. The van der Waals surface area contributed by atoms with Gasteiger partial charge >= 0.3 is 0 Å². The molecule has 0 saturated carbocycles. The van der Waals surface area contributed by atoms with Crippen molar-refractivity contribution in [2.45, 2.75) is 13.3 Å². The van der Waals surface area contributed by atoms with Crippen LogP contribution in [0.15, 0.2) is 16.6 Å². The monoisotopic (exact) mass is 272 g/mol. The van der Waals surface area contributed by atoms with Crippen molar-refractivity contribution < 1.29 is 14.8 Å². The average Bonchev–Trinajstić information content (AvgIpc) is 2.09. The van der Waals surface area contributed by atoms with Crippen molar-refractivity contribution in [3.63, 3.8) is 0 Å². The minimum Gasteiger partial charge on any atom is -0.550 e. The zero-order valence-corrected chi connectivity index (χ0v) is 9.41. The molecule has 0 N–H and O–H groups in total. The molecule has 0 saturated heterocycles. The maximum atomic E-state index is 10.6. The zero-order chi connectivity index (χ0) is 11.6. The Hall–Kier alpha value is -1.43. The molecule has 0 spiro atoms. The van der Waals surface area contributed by atoms with E-state index in [1.54, 1.807) is 0 Å². The predicted molar refractivity (Wildman–Crippen MR) is 54.2 cm³/mol. The van der Waals surface area contributed by atoms with Gasteiger partial charge in [0.2, 0.25) is 0 Å². The molecule has 0 aliphatic heterocycles. The zero-order valence-electron chi connectivity index (χ0n) is 7.82. The Morgan fingerprint density at radius 3 is 2.60 bits per heavy atom. The third-order valence-corrected chi connectivity index (χ3v) is 2.44. The molecule has 0 fully saturated rings. The Morgan fingerprint density at radius 2 is 2.13 bits per heavy atom. The maximum Gasteiger partial charge on any atom is 0.273 e. The quantitative estimate of drug-likeness (QED) is 0.606. The number of carbonyl (C=O) groups excluding carboxylic acids is 1. The summed E-state index contributed by atoms with van der Waals surface area (Å²) in [7, 11) is 0. The summed E-state index contributed by atoms with van der Waals surface area (Å²) in [5.41, 5.74) is 0.643. The van der Waals surface area contributed by atoms with Gasteiger partial charge in [0.15, 0.2) is 0 Å². The Labute approximate surface area is 94.0 Å². The molecule has 15 heavy (non-hydrogen) atoms. The smallest absolute Gasteiger partial charge is 0.273 e. The van der Waals surface area contributed by atoms with E-state index in [9.17, 15) is 20.0 Å². The Morgan fingerprint density at radius 1 is 1.53 bits per heavy atom. The van der Waals surface area contributed by atoms with Crippen LogP contribution in [0.5, 0.6) is 0 Å². The van der Waals surface area contributed by atoms with Gasteiger partial charge in [-0.1, -0.05) is 15.9 Å². The molecule has 1 rings (SSSR count). The first-order valence-electron chi connectivity index (χ1n) is 4.05. The molecule has 1 aromatic rings. The second kappa shape index (κ2) is 4.39. The number of carboxylic acid groups (broad SMARTS) is 1. The number of nitro groups is 1. The van der Waals surface area contributed by atoms with Crippen molar-refractivity contribution in [1.82, 2.24) is 0 Å². The van der Waals surface area contributed by atoms with E-state index in [-0.39, 0.29) is 12.1 Å². The molecule has 0 aliphatic carbocycles. The van der Waals surface area contributed by atoms with Crippen molar-refractivity contribution in [2.75, 3.05) is 0 Å². The third kappa shape index (κ3) is 2.76. The van der Waals surface area contributed by atoms with Crippen LogP contribution in [0.3, 0.4) is 0 Å². The molecule has 0 radical (unpaired) electrons. The van der Waals surface area contributed by atoms with Crippen LogP contribution in [-0.4, -0.2) is 10.9 Å². The molecule has 0 bridgehead atoms. The molecule has 5 nitrogen and oxygen atoms in total. The Bertz CT molecular complexity index is 430. The van der Waals surface area contributed by atoms with E-state index in [0.717, 1.165) is 0 Å². The number of hydrogen-bond acceptors (Lipinski definition) is 4. The fourth-order valence-electron chi connectivity index (χ4n) is 1.25.